The molecule has 0 saturated carbocycles. The highest BCUT2D eigenvalue weighted by Gasteiger charge is 2.12. The first-order chi connectivity index (χ1) is 10.3. The fraction of sp³-hybridized carbons (Fsp3) is 0.333. The van der Waals surface area contributed by atoms with Crippen molar-refractivity contribution < 1.29 is 4.74 Å². The van der Waals surface area contributed by atoms with Gasteiger partial charge in [0, 0.05) is 11.3 Å². The van der Waals surface area contributed by atoms with Gasteiger partial charge in [-0.3, -0.25) is 0 Å². The van der Waals surface area contributed by atoms with E-state index in [0.29, 0.717) is 0 Å². The molecule has 2 aromatic carbocycles. The first kappa shape index (κ1) is 15.9. The topological polar surface area (TPSA) is 21.3 Å². The lowest BCUT2D eigenvalue weighted by Crippen LogP contribution is -2.16. The molecule has 0 radical (unpaired) electrons. The number of nitrogens with one attached hydrogen (secondary N) is 1. The zero-order chi connectivity index (χ0) is 14.9. The Kier molecular flexibility index (Phi) is 6.64. The van der Waals surface area contributed by atoms with Crippen LogP contribution in [0.25, 0.3) is 0 Å². The molecule has 0 aliphatic heterocycles. The van der Waals surface area contributed by atoms with Crippen LogP contribution in [0, 0.1) is 0 Å². The molecule has 112 valence electrons. The minimum absolute atomic E-state index is 0.0864. The summed E-state index contributed by atoms with van der Waals surface area (Å²) in [5.41, 5.74) is 1.22. The van der Waals surface area contributed by atoms with Crippen LogP contribution < -0.4 is 10.1 Å². The summed E-state index contributed by atoms with van der Waals surface area (Å²) in [6.45, 7) is 3.10. The third kappa shape index (κ3) is 5.10. The van der Waals surface area contributed by atoms with Crippen LogP contribution in [0.3, 0.4) is 0 Å². The molecule has 21 heavy (non-hydrogen) atoms. The molecule has 0 saturated heterocycles. The number of hydrogen-bond acceptors (Lipinski definition) is 3. The van der Waals surface area contributed by atoms with Crippen molar-refractivity contribution in [3.63, 3.8) is 0 Å². The van der Waals surface area contributed by atoms with Gasteiger partial charge in [-0.1, -0.05) is 37.3 Å². The van der Waals surface area contributed by atoms with Gasteiger partial charge in [-0.2, -0.15) is 0 Å². The molecule has 0 aliphatic carbocycles. The lowest BCUT2D eigenvalue weighted by molar-refractivity contribution is 0.195. The second-order valence-electron chi connectivity index (χ2n) is 4.81. The largest absolute Gasteiger partial charge is 0.486 e. The Morgan fingerprint density at radius 2 is 1.76 bits per heavy atom. The van der Waals surface area contributed by atoms with Gasteiger partial charge < -0.3 is 10.1 Å². The van der Waals surface area contributed by atoms with Crippen LogP contribution >= 0.6 is 11.8 Å². The Hall–Kier alpha value is -1.45. The molecule has 0 heterocycles. The van der Waals surface area contributed by atoms with Crippen LogP contribution in [0.5, 0.6) is 5.75 Å². The predicted octanol–water partition coefficient (Wildman–Crippen LogP) is 4.53. The van der Waals surface area contributed by atoms with Gasteiger partial charge in [-0.05, 0) is 49.2 Å². The van der Waals surface area contributed by atoms with Crippen LogP contribution in [0.4, 0.5) is 0 Å². The average molecular weight is 301 g/mol. The van der Waals surface area contributed by atoms with Crippen molar-refractivity contribution in [1.29, 1.82) is 0 Å². The Bertz CT molecular complexity index is 513. The van der Waals surface area contributed by atoms with Crippen molar-refractivity contribution in [1.82, 2.24) is 5.32 Å². The molecule has 2 nitrogen and oxygen atoms in total. The van der Waals surface area contributed by atoms with Crippen molar-refractivity contribution in [2.24, 2.45) is 0 Å². The first-order valence-electron chi connectivity index (χ1n) is 7.42. The maximum Gasteiger partial charge on any atom is 0.125 e. The monoisotopic (exact) mass is 301 g/mol. The van der Waals surface area contributed by atoms with Gasteiger partial charge in [-0.25, -0.2) is 0 Å². The van der Waals surface area contributed by atoms with E-state index in [1.807, 2.05) is 24.9 Å². The van der Waals surface area contributed by atoms with Crippen LogP contribution in [-0.2, 0) is 0 Å². The van der Waals surface area contributed by atoms with Gasteiger partial charge >= 0.3 is 0 Å². The van der Waals surface area contributed by atoms with E-state index >= 15 is 0 Å². The summed E-state index contributed by atoms with van der Waals surface area (Å²) in [5.74, 6) is 2.02. The number of thioether (sulfide) groups is 1. The van der Waals surface area contributed by atoms with E-state index in [0.717, 1.165) is 24.5 Å². The van der Waals surface area contributed by atoms with E-state index in [-0.39, 0.29) is 6.10 Å². The molecular formula is C18H23NOS. The first-order valence-corrected chi connectivity index (χ1v) is 8.41. The Morgan fingerprint density at radius 1 is 1.05 bits per heavy atom. The average Bonchev–Trinajstić information content (AvgIpc) is 2.54. The van der Waals surface area contributed by atoms with Crippen LogP contribution in [-0.4, -0.2) is 19.3 Å². The van der Waals surface area contributed by atoms with Crippen molar-refractivity contribution >= 4 is 11.8 Å². The van der Waals surface area contributed by atoms with Crippen molar-refractivity contribution in [3.05, 3.63) is 60.2 Å². The summed E-state index contributed by atoms with van der Waals surface area (Å²) < 4.78 is 6.19. The second kappa shape index (κ2) is 8.75. The lowest BCUT2D eigenvalue weighted by Gasteiger charge is -2.19. The third-order valence-corrected chi connectivity index (χ3v) is 4.14. The summed E-state index contributed by atoms with van der Waals surface area (Å²) >= 11 is 1.85. The molecule has 0 aliphatic rings. The van der Waals surface area contributed by atoms with Crippen molar-refractivity contribution in [3.8, 4) is 5.75 Å². The molecule has 0 bridgehead atoms. The van der Waals surface area contributed by atoms with E-state index < -0.39 is 0 Å². The highest BCUT2D eigenvalue weighted by Crippen LogP contribution is 2.27. The summed E-state index contributed by atoms with van der Waals surface area (Å²) in [5, 5.41) is 3.20. The third-order valence-electron chi connectivity index (χ3n) is 3.24. The van der Waals surface area contributed by atoms with Gasteiger partial charge in [0.05, 0.1) is 0 Å². The highest BCUT2D eigenvalue weighted by molar-refractivity contribution is 7.99. The quantitative estimate of drug-likeness (QED) is 0.724. The molecule has 0 fully saturated rings. The van der Waals surface area contributed by atoms with Crippen molar-refractivity contribution in [2.45, 2.75) is 24.3 Å². The summed E-state index contributed by atoms with van der Waals surface area (Å²) in [6.07, 6.45) is 1.04. The molecule has 2 rings (SSSR count). The molecule has 0 amide bonds. The standard InChI is InChI=1S/C18H23NOS/c1-3-21-17-11-9-16(10-12-17)20-18(13-14-19-2)15-7-5-4-6-8-15/h4-12,18-19H,3,13-14H2,1-2H3. The van der Waals surface area contributed by atoms with Crippen LogP contribution in [0.2, 0.25) is 0 Å². The molecule has 2 aromatic rings. The minimum atomic E-state index is 0.0864. The number of hydrogen-bond donors (Lipinski definition) is 1. The maximum atomic E-state index is 6.19. The Labute approximate surface area is 131 Å². The fourth-order valence-corrected chi connectivity index (χ4v) is 2.84. The summed E-state index contributed by atoms with van der Waals surface area (Å²) in [6, 6.07) is 18.8. The lowest BCUT2D eigenvalue weighted by atomic mass is 10.1. The molecule has 1 N–H and O–H groups in total. The van der Waals surface area contributed by atoms with Gasteiger partial charge in [0.25, 0.3) is 0 Å². The van der Waals surface area contributed by atoms with Gasteiger partial charge in [0.1, 0.15) is 11.9 Å². The van der Waals surface area contributed by atoms with Gasteiger partial charge in [0.15, 0.2) is 0 Å². The number of ether oxygens (including phenoxy) is 1. The summed E-state index contributed by atoms with van der Waals surface area (Å²) in [7, 11) is 1.97. The number of rotatable bonds is 8. The van der Waals surface area contributed by atoms with Gasteiger partial charge in [-0.15, -0.1) is 11.8 Å². The zero-order valence-electron chi connectivity index (χ0n) is 12.7. The second-order valence-corrected chi connectivity index (χ2v) is 6.15. The van der Waals surface area contributed by atoms with E-state index in [4.69, 9.17) is 4.74 Å². The smallest absolute Gasteiger partial charge is 0.125 e. The zero-order valence-corrected chi connectivity index (χ0v) is 13.5. The van der Waals surface area contributed by atoms with Gasteiger partial charge in [0.2, 0.25) is 0 Å². The highest BCUT2D eigenvalue weighted by atomic mass is 32.2. The normalized spacial score (nSPS) is 12.1. The van der Waals surface area contributed by atoms with E-state index in [2.05, 4.69) is 60.8 Å². The molecule has 3 heteroatoms. The van der Waals surface area contributed by atoms with E-state index in [1.165, 1.54) is 10.5 Å². The number of benzene rings is 2. The molecule has 1 unspecified atom stereocenters. The van der Waals surface area contributed by atoms with Crippen molar-refractivity contribution in [2.75, 3.05) is 19.3 Å². The Balaban J connectivity index is 2.07. The van der Waals surface area contributed by atoms with E-state index in [1.54, 1.807) is 0 Å². The molecule has 1 atom stereocenters. The molecule has 0 spiro atoms. The fourth-order valence-electron chi connectivity index (χ4n) is 2.18. The predicted molar refractivity (Wildman–Crippen MR) is 91.2 cm³/mol. The summed E-state index contributed by atoms with van der Waals surface area (Å²) in [4.78, 5) is 1.29. The SMILES string of the molecule is CCSc1ccc(OC(CCNC)c2ccccc2)cc1. The minimum Gasteiger partial charge on any atom is -0.486 e. The Morgan fingerprint density at radius 3 is 2.38 bits per heavy atom. The van der Waals surface area contributed by atoms with E-state index in [9.17, 15) is 0 Å². The van der Waals surface area contributed by atoms with Crippen LogP contribution in [0.15, 0.2) is 59.5 Å². The van der Waals surface area contributed by atoms with Crippen LogP contribution in [0.1, 0.15) is 25.0 Å². The maximum absolute atomic E-state index is 6.19. The molecular weight excluding hydrogens is 278 g/mol. The molecule has 0 aromatic heterocycles.